The van der Waals surface area contributed by atoms with Crippen LogP contribution in [-0.4, -0.2) is 59.2 Å². The fraction of sp³-hybridized carbons (Fsp3) is 0.714. The Morgan fingerprint density at radius 3 is 1.95 bits per heavy atom. The zero-order valence-electron chi connectivity index (χ0n) is 29.8. The van der Waals surface area contributed by atoms with Gasteiger partial charge in [0.2, 0.25) is 0 Å². The van der Waals surface area contributed by atoms with Gasteiger partial charge in [0.1, 0.15) is 17.6 Å². The zero-order chi connectivity index (χ0) is 33.5. The molecule has 3 aliphatic heterocycles. The molecule has 0 spiro atoms. The van der Waals surface area contributed by atoms with E-state index < -0.39 is 46.4 Å². The van der Waals surface area contributed by atoms with Gasteiger partial charge >= 0.3 is 12.1 Å². The number of ether oxygens (including phenoxy) is 2. The smallest absolute Gasteiger partial charge is 0.407 e. The van der Waals surface area contributed by atoms with Crippen LogP contribution in [0.4, 0.5) is 4.79 Å². The lowest BCUT2D eigenvalue weighted by atomic mass is 9.67. The summed E-state index contributed by atoms with van der Waals surface area (Å²) in [5, 5.41) is 2.98. The van der Waals surface area contributed by atoms with Crippen molar-refractivity contribution < 1.29 is 27.9 Å². The van der Waals surface area contributed by atoms with E-state index >= 15 is 0 Å². The summed E-state index contributed by atoms with van der Waals surface area (Å²) in [7, 11) is -4.23. The number of amides is 1. The summed E-state index contributed by atoms with van der Waals surface area (Å²) >= 11 is 0. The molecule has 1 aliphatic carbocycles. The predicted octanol–water partition coefficient (Wildman–Crippen LogP) is 8.61. The average Bonchev–Trinajstić information content (AvgIpc) is 2.87. The van der Waals surface area contributed by atoms with Crippen LogP contribution in [0.25, 0.3) is 0 Å². The third kappa shape index (κ3) is 8.06. The molecule has 0 aromatic heterocycles. The van der Waals surface area contributed by atoms with E-state index in [1.807, 2.05) is 32.9 Å². The lowest BCUT2D eigenvalue weighted by molar-refractivity contribution is -0.203. The van der Waals surface area contributed by atoms with E-state index in [0.717, 1.165) is 17.6 Å². The minimum absolute atomic E-state index is 0.00921. The summed E-state index contributed by atoms with van der Waals surface area (Å²) in [4.78, 5) is 26.7. The van der Waals surface area contributed by atoms with Crippen LogP contribution in [0.5, 0.6) is 0 Å². The van der Waals surface area contributed by atoms with Crippen molar-refractivity contribution in [2.75, 3.05) is 0 Å². The number of esters is 1. The number of fused-ring (bicyclic) bond motifs is 8. The molecule has 9 heteroatoms. The molecule has 0 unspecified atom stereocenters. The molecule has 0 aromatic rings. The van der Waals surface area contributed by atoms with Crippen molar-refractivity contribution in [2.24, 2.45) is 11.3 Å². The lowest BCUT2D eigenvalue weighted by Gasteiger charge is -2.51. The summed E-state index contributed by atoms with van der Waals surface area (Å²) in [6.07, 6.45) is 11.8. The van der Waals surface area contributed by atoms with Crippen molar-refractivity contribution in [2.45, 2.75) is 149 Å². The van der Waals surface area contributed by atoms with Gasteiger partial charge in [-0.2, -0.15) is 0 Å². The van der Waals surface area contributed by atoms with Crippen molar-refractivity contribution in [3.8, 4) is 0 Å². The van der Waals surface area contributed by atoms with Crippen molar-refractivity contribution in [1.29, 1.82) is 0 Å². The van der Waals surface area contributed by atoms with Crippen LogP contribution in [0.15, 0.2) is 47.6 Å². The molecule has 0 saturated carbocycles. The number of rotatable bonds is 4. The van der Waals surface area contributed by atoms with Gasteiger partial charge in [-0.1, -0.05) is 96.1 Å². The zero-order valence-corrected chi connectivity index (χ0v) is 31.8. The molecule has 2 saturated heterocycles. The standard InChI is InChI=1S/C35H59NO6Si2/c1-23-15-18-26(41-43(11,12)33(4,5)6)19-17-24(2)21-29-35(10)30(40-32(38)36-29)25(3)28(39-31(35)37)22-27(20-16-23)42-44(13,14)34(7,8)9/h15-17,19-21,25-30H,18,22H2,1-14H3,(H,36,38)/b19-17+,20-16+,23-15+,24-21+/t25-,26-,27+,28-,29-,30+,35+/m1/s1. The summed E-state index contributed by atoms with van der Waals surface area (Å²) in [5.74, 6) is -0.581. The van der Waals surface area contributed by atoms with E-state index in [9.17, 15) is 9.59 Å². The van der Waals surface area contributed by atoms with Crippen molar-refractivity contribution in [3.63, 3.8) is 0 Å². The first-order valence-electron chi connectivity index (χ1n) is 16.2. The topological polar surface area (TPSA) is 83.1 Å². The number of carbonyl (C=O) groups is 2. The normalized spacial score (nSPS) is 36.5. The molecule has 7 nitrogen and oxygen atoms in total. The van der Waals surface area contributed by atoms with E-state index in [0.29, 0.717) is 6.42 Å². The lowest BCUT2D eigenvalue weighted by Crippen LogP contribution is -2.68. The largest absolute Gasteiger partial charge is 0.461 e. The average molecular weight is 646 g/mol. The Morgan fingerprint density at radius 2 is 1.39 bits per heavy atom. The summed E-state index contributed by atoms with van der Waals surface area (Å²) in [5.41, 5.74) is 0.975. The van der Waals surface area contributed by atoms with E-state index in [1.54, 1.807) is 0 Å². The molecule has 4 aliphatic rings. The minimum Gasteiger partial charge on any atom is -0.461 e. The van der Waals surface area contributed by atoms with Crippen LogP contribution >= 0.6 is 0 Å². The maximum Gasteiger partial charge on any atom is 0.407 e. The second kappa shape index (κ2) is 13.0. The van der Waals surface area contributed by atoms with E-state index in [-0.39, 0.29) is 34.2 Å². The first-order valence-corrected chi connectivity index (χ1v) is 22.0. The molecule has 1 N–H and O–H groups in total. The number of hydrogen-bond acceptors (Lipinski definition) is 6. The van der Waals surface area contributed by atoms with Crippen LogP contribution in [0.1, 0.15) is 82.1 Å². The van der Waals surface area contributed by atoms with Crippen molar-refractivity contribution in [3.05, 3.63) is 47.6 Å². The Labute approximate surface area is 269 Å². The first kappa shape index (κ1) is 36.5. The number of carbonyl (C=O) groups excluding carboxylic acids is 2. The molecular formula is C35H59NO6Si2. The third-order valence-electron chi connectivity index (χ3n) is 10.7. The maximum absolute atomic E-state index is 13.8. The van der Waals surface area contributed by atoms with Gasteiger partial charge in [-0.3, -0.25) is 4.79 Å². The molecule has 0 radical (unpaired) electrons. The third-order valence-corrected chi connectivity index (χ3v) is 19.7. The monoisotopic (exact) mass is 645 g/mol. The Morgan fingerprint density at radius 1 is 0.864 bits per heavy atom. The quantitative estimate of drug-likeness (QED) is 0.244. The highest BCUT2D eigenvalue weighted by molar-refractivity contribution is 6.74. The maximum atomic E-state index is 13.8. The predicted molar refractivity (Wildman–Crippen MR) is 184 cm³/mol. The van der Waals surface area contributed by atoms with Crippen LogP contribution in [-0.2, 0) is 23.1 Å². The molecular weight excluding hydrogens is 587 g/mol. The molecule has 3 heterocycles. The highest BCUT2D eigenvalue weighted by Gasteiger charge is 2.61. The molecule has 7 atom stereocenters. The van der Waals surface area contributed by atoms with Crippen LogP contribution in [0.3, 0.4) is 0 Å². The van der Waals surface area contributed by atoms with Crippen molar-refractivity contribution in [1.82, 2.24) is 5.32 Å². The molecule has 1 amide bonds. The van der Waals surface area contributed by atoms with Gasteiger partial charge < -0.3 is 23.6 Å². The van der Waals surface area contributed by atoms with Gasteiger partial charge in [0.05, 0.1) is 18.2 Å². The van der Waals surface area contributed by atoms with E-state index in [1.165, 1.54) is 0 Å². The molecule has 248 valence electrons. The highest BCUT2D eigenvalue weighted by atomic mass is 28.4. The van der Waals surface area contributed by atoms with Crippen LogP contribution in [0, 0.1) is 11.3 Å². The van der Waals surface area contributed by atoms with Crippen LogP contribution in [0.2, 0.25) is 36.3 Å². The second-order valence-electron chi connectivity index (χ2n) is 16.4. The molecule has 0 aromatic carbocycles. The fourth-order valence-electron chi connectivity index (χ4n) is 5.54. The summed E-state index contributed by atoms with van der Waals surface area (Å²) in [6, 6.07) is -0.578. The van der Waals surface area contributed by atoms with E-state index in [4.69, 9.17) is 18.3 Å². The fourth-order valence-corrected chi connectivity index (χ4v) is 8.11. The summed E-state index contributed by atoms with van der Waals surface area (Å²) < 4.78 is 25.9. The number of allylic oxidation sites excluding steroid dienone is 4. The van der Waals surface area contributed by atoms with Gasteiger partial charge in [-0.05, 0) is 63.5 Å². The van der Waals surface area contributed by atoms with Gasteiger partial charge in [0, 0.05) is 12.3 Å². The number of alkyl carbamates (subject to hydrolysis) is 1. The first-order chi connectivity index (χ1) is 20.0. The van der Waals surface area contributed by atoms with Gasteiger partial charge in [-0.15, -0.1) is 0 Å². The Kier molecular flexibility index (Phi) is 10.8. The Bertz CT molecular complexity index is 1200. The van der Waals surface area contributed by atoms with Gasteiger partial charge in [0.25, 0.3) is 0 Å². The highest BCUT2D eigenvalue weighted by Crippen LogP contribution is 2.46. The van der Waals surface area contributed by atoms with Crippen molar-refractivity contribution >= 4 is 28.7 Å². The molecule has 4 bridgehead atoms. The number of hydrogen-bond donors (Lipinski definition) is 1. The number of nitrogens with one attached hydrogen (secondary N) is 1. The Balaban J connectivity index is 2.12. The molecule has 2 fully saturated rings. The molecule has 4 rings (SSSR count). The summed E-state index contributed by atoms with van der Waals surface area (Å²) in [6.45, 7) is 30.4. The van der Waals surface area contributed by atoms with Gasteiger partial charge in [-0.25, -0.2) is 4.79 Å². The van der Waals surface area contributed by atoms with Gasteiger partial charge in [0.15, 0.2) is 16.6 Å². The van der Waals surface area contributed by atoms with E-state index in [2.05, 4.69) is 104 Å². The van der Waals surface area contributed by atoms with Crippen LogP contribution < -0.4 is 5.32 Å². The molecule has 44 heavy (non-hydrogen) atoms. The Hall–Kier alpha value is -1.95. The second-order valence-corrected chi connectivity index (χ2v) is 25.9. The SMILES string of the molecule is CC1=C\C[C@@H](O[Si](C)(C)C(C)(C)C)/C=C/C(C)=C/[C@H]2NC(=O)O[C@H]3[C@H](C)[C@@H](C[C@@H](O[Si](C)(C)C(C)(C)C)\C=C\1)OC(=O)[C@@]23C. The minimum atomic E-state index is -2.17.